The summed E-state index contributed by atoms with van der Waals surface area (Å²) >= 11 is 0. The number of aliphatic hydroxyl groups excluding tert-OH is 1. The van der Waals surface area contributed by atoms with Gasteiger partial charge < -0.3 is 15.4 Å². The van der Waals surface area contributed by atoms with E-state index < -0.39 is 6.10 Å². The number of aromatic nitrogens is 1. The third kappa shape index (κ3) is 3.33. The normalized spacial score (nSPS) is 11.9. The Morgan fingerprint density at radius 3 is 2.35 bits per heavy atom. The lowest BCUT2D eigenvalue weighted by molar-refractivity contribution is 0.0923. The van der Waals surface area contributed by atoms with Crippen LogP contribution in [-0.4, -0.2) is 34.4 Å². The molecule has 0 aliphatic heterocycles. The number of amides is 1. The molecule has 0 fully saturated rings. The molecule has 0 aliphatic rings. The van der Waals surface area contributed by atoms with Gasteiger partial charge in [0.05, 0.1) is 6.10 Å². The van der Waals surface area contributed by atoms with Crippen LogP contribution in [0.15, 0.2) is 42.7 Å². The Morgan fingerprint density at radius 2 is 1.80 bits per heavy atom. The van der Waals surface area contributed by atoms with Gasteiger partial charge in [-0.25, -0.2) is 0 Å². The molecular weight excluding hydrogens is 256 g/mol. The third-order valence-electron chi connectivity index (χ3n) is 2.83. The van der Waals surface area contributed by atoms with Gasteiger partial charge in [0.2, 0.25) is 0 Å². The number of ketones is 1. The van der Waals surface area contributed by atoms with Crippen molar-refractivity contribution >= 4 is 11.7 Å². The Hall–Kier alpha value is -2.40. The van der Waals surface area contributed by atoms with Crippen LogP contribution in [0.2, 0.25) is 0 Å². The van der Waals surface area contributed by atoms with E-state index in [4.69, 9.17) is 5.11 Å². The van der Waals surface area contributed by atoms with Crippen LogP contribution in [0.4, 0.5) is 0 Å². The first kappa shape index (κ1) is 14.0. The summed E-state index contributed by atoms with van der Waals surface area (Å²) < 4.78 is 0. The number of hydrogen-bond donors (Lipinski definition) is 3. The van der Waals surface area contributed by atoms with E-state index in [1.807, 2.05) is 0 Å². The van der Waals surface area contributed by atoms with Gasteiger partial charge in [-0.2, -0.15) is 0 Å². The van der Waals surface area contributed by atoms with Crippen molar-refractivity contribution in [1.29, 1.82) is 0 Å². The predicted octanol–water partition coefficient (Wildman–Crippen LogP) is 1.36. The summed E-state index contributed by atoms with van der Waals surface area (Å²) in [5, 5.41) is 11.7. The number of H-pyrrole nitrogens is 1. The van der Waals surface area contributed by atoms with E-state index >= 15 is 0 Å². The maximum absolute atomic E-state index is 12.0. The van der Waals surface area contributed by atoms with E-state index in [-0.39, 0.29) is 18.2 Å². The molecule has 20 heavy (non-hydrogen) atoms. The number of aliphatic hydroxyl groups is 1. The van der Waals surface area contributed by atoms with Gasteiger partial charge in [0.15, 0.2) is 5.78 Å². The minimum Gasteiger partial charge on any atom is -0.392 e. The lowest BCUT2D eigenvalue weighted by Gasteiger charge is -2.07. The van der Waals surface area contributed by atoms with Crippen molar-refractivity contribution in [1.82, 2.24) is 10.3 Å². The highest BCUT2D eigenvalue weighted by Gasteiger charge is 2.11. The predicted molar refractivity (Wildman–Crippen MR) is 74.7 cm³/mol. The average Bonchev–Trinajstić information content (AvgIpc) is 2.98. The van der Waals surface area contributed by atoms with Crippen molar-refractivity contribution in [2.45, 2.75) is 13.0 Å². The van der Waals surface area contributed by atoms with Crippen LogP contribution >= 0.6 is 0 Å². The summed E-state index contributed by atoms with van der Waals surface area (Å²) in [7, 11) is 0. The van der Waals surface area contributed by atoms with Crippen molar-refractivity contribution in [3.05, 3.63) is 59.4 Å². The first-order chi connectivity index (χ1) is 9.58. The number of aromatic amines is 1. The standard InChI is InChI=1S/C15H16N2O3/c1-10(18)8-17-15(20)12-4-2-11(3-5-12)14(19)13-6-7-16-9-13/h2-7,9-10,16,18H,8H2,1H3,(H,17,20). The Labute approximate surface area is 116 Å². The van der Waals surface area contributed by atoms with Crippen LogP contribution in [0.5, 0.6) is 0 Å². The zero-order valence-corrected chi connectivity index (χ0v) is 11.1. The summed E-state index contributed by atoms with van der Waals surface area (Å²) in [6.07, 6.45) is 2.73. The Bertz CT molecular complexity index is 586. The van der Waals surface area contributed by atoms with Crippen LogP contribution in [0.25, 0.3) is 0 Å². The van der Waals surface area contributed by atoms with Crippen molar-refractivity contribution < 1.29 is 14.7 Å². The van der Waals surface area contributed by atoms with E-state index in [0.717, 1.165) is 0 Å². The molecule has 0 spiro atoms. The summed E-state index contributed by atoms with van der Waals surface area (Å²) in [6.45, 7) is 1.79. The maximum Gasteiger partial charge on any atom is 0.251 e. The van der Waals surface area contributed by atoms with Gasteiger partial charge in [-0.05, 0) is 25.1 Å². The molecule has 2 aromatic rings. The molecule has 104 valence electrons. The third-order valence-corrected chi connectivity index (χ3v) is 2.83. The van der Waals surface area contributed by atoms with Crippen LogP contribution in [0.3, 0.4) is 0 Å². The van der Waals surface area contributed by atoms with E-state index in [1.54, 1.807) is 49.6 Å². The number of hydrogen-bond acceptors (Lipinski definition) is 3. The fraction of sp³-hybridized carbons (Fsp3) is 0.200. The second-order valence-electron chi connectivity index (χ2n) is 4.57. The Kier molecular flexibility index (Phi) is 4.32. The lowest BCUT2D eigenvalue weighted by atomic mass is 10.0. The minimum absolute atomic E-state index is 0.0952. The fourth-order valence-corrected chi connectivity index (χ4v) is 1.75. The molecule has 0 bridgehead atoms. The molecule has 0 aliphatic carbocycles. The SMILES string of the molecule is CC(O)CNC(=O)c1ccc(C(=O)c2cc[nH]c2)cc1. The number of carbonyl (C=O) groups is 2. The fourth-order valence-electron chi connectivity index (χ4n) is 1.75. The highest BCUT2D eigenvalue weighted by atomic mass is 16.3. The molecule has 0 saturated carbocycles. The summed E-state index contributed by atoms with van der Waals surface area (Å²) in [6, 6.07) is 8.12. The monoisotopic (exact) mass is 272 g/mol. The molecule has 1 atom stereocenters. The second-order valence-corrected chi connectivity index (χ2v) is 4.57. The van der Waals surface area contributed by atoms with Crippen LogP contribution in [0.1, 0.15) is 33.2 Å². The molecule has 5 heteroatoms. The van der Waals surface area contributed by atoms with Gasteiger partial charge in [-0.15, -0.1) is 0 Å². The average molecular weight is 272 g/mol. The molecule has 1 amide bonds. The highest BCUT2D eigenvalue weighted by molar-refractivity contribution is 6.09. The molecule has 2 rings (SSSR count). The smallest absolute Gasteiger partial charge is 0.251 e. The number of rotatable bonds is 5. The maximum atomic E-state index is 12.0. The number of benzene rings is 1. The molecule has 3 N–H and O–H groups in total. The van der Waals surface area contributed by atoms with E-state index in [1.165, 1.54) is 0 Å². The molecule has 0 radical (unpaired) electrons. The van der Waals surface area contributed by atoms with E-state index in [2.05, 4.69) is 10.3 Å². The van der Waals surface area contributed by atoms with Gasteiger partial charge in [-0.3, -0.25) is 9.59 Å². The number of carbonyl (C=O) groups excluding carboxylic acids is 2. The molecule has 1 aromatic heterocycles. The Balaban J connectivity index is 2.06. The summed E-state index contributed by atoms with van der Waals surface area (Å²) in [5.74, 6) is -0.367. The van der Waals surface area contributed by atoms with Crippen LogP contribution in [0, 0.1) is 0 Å². The second kappa shape index (κ2) is 6.16. The molecule has 1 heterocycles. The molecule has 0 saturated heterocycles. The van der Waals surface area contributed by atoms with Gasteiger partial charge in [0, 0.05) is 35.6 Å². The number of nitrogens with one attached hydrogen (secondary N) is 2. The first-order valence-corrected chi connectivity index (χ1v) is 6.32. The molecule has 5 nitrogen and oxygen atoms in total. The zero-order valence-electron chi connectivity index (χ0n) is 11.1. The van der Waals surface area contributed by atoms with Crippen molar-refractivity contribution in [3.8, 4) is 0 Å². The molecule has 1 aromatic carbocycles. The zero-order chi connectivity index (χ0) is 14.5. The Morgan fingerprint density at radius 1 is 1.15 bits per heavy atom. The first-order valence-electron chi connectivity index (χ1n) is 6.32. The summed E-state index contributed by atoms with van der Waals surface area (Å²) in [4.78, 5) is 26.6. The van der Waals surface area contributed by atoms with Gasteiger partial charge in [-0.1, -0.05) is 12.1 Å². The van der Waals surface area contributed by atoms with Gasteiger partial charge in [0.25, 0.3) is 5.91 Å². The molecular formula is C15H16N2O3. The van der Waals surface area contributed by atoms with Crippen LogP contribution < -0.4 is 5.32 Å². The quantitative estimate of drug-likeness (QED) is 0.719. The minimum atomic E-state index is -0.589. The van der Waals surface area contributed by atoms with Crippen molar-refractivity contribution in [3.63, 3.8) is 0 Å². The van der Waals surface area contributed by atoms with Gasteiger partial charge >= 0.3 is 0 Å². The highest BCUT2D eigenvalue weighted by Crippen LogP contribution is 2.10. The summed E-state index contributed by atoms with van der Waals surface area (Å²) in [5.41, 5.74) is 1.56. The van der Waals surface area contributed by atoms with E-state index in [0.29, 0.717) is 16.7 Å². The largest absolute Gasteiger partial charge is 0.392 e. The van der Waals surface area contributed by atoms with E-state index in [9.17, 15) is 9.59 Å². The topological polar surface area (TPSA) is 82.2 Å². The van der Waals surface area contributed by atoms with Crippen LogP contribution in [-0.2, 0) is 0 Å². The lowest BCUT2D eigenvalue weighted by Crippen LogP contribution is -2.30. The van der Waals surface area contributed by atoms with Gasteiger partial charge in [0.1, 0.15) is 0 Å². The molecule has 1 unspecified atom stereocenters. The van der Waals surface area contributed by atoms with Crippen molar-refractivity contribution in [2.75, 3.05) is 6.54 Å². The van der Waals surface area contributed by atoms with Crippen molar-refractivity contribution in [2.24, 2.45) is 0 Å².